The van der Waals surface area contributed by atoms with Crippen LogP contribution in [0.4, 0.5) is 15.3 Å². The first kappa shape index (κ1) is 34.1. The van der Waals surface area contributed by atoms with E-state index in [0.717, 1.165) is 5.56 Å². The van der Waals surface area contributed by atoms with Crippen molar-refractivity contribution in [3.63, 3.8) is 0 Å². The molecule has 3 rings (SSSR count). The molecule has 1 heterocycles. The number of hydrogen-bond acceptors (Lipinski definition) is 9. The van der Waals surface area contributed by atoms with Crippen LogP contribution in [0.2, 0.25) is 0 Å². The number of hydrogen-bond donors (Lipinski definition) is 3. The molecular weight excluding hydrogens is 574 g/mol. The molecular formula is C30H45N5O7S. The lowest BCUT2D eigenvalue weighted by atomic mass is 10.0. The van der Waals surface area contributed by atoms with Crippen LogP contribution >= 0.6 is 0 Å². The van der Waals surface area contributed by atoms with Gasteiger partial charge >= 0.3 is 12.2 Å². The Bertz CT molecular complexity index is 1250. The van der Waals surface area contributed by atoms with Crippen molar-refractivity contribution in [3.05, 3.63) is 60.2 Å². The number of amides is 2. The van der Waals surface area contributed by atoms with Gasteiger partial charge in [0.1, 0.15) is 12.2 Å². The second-order valence-electron chi connectivity index (χ2n) is 11.3. The topological polar surface area (TPSA) is 153 Å². The summed E-state index contributed by atoms with van der Waals surface area (Å²) in [5, 5.41) is 5.58. The molecule has 1 aliphatic heterocycles. The fourth-order valence-corrected chi connectivity index (χ4v) is 6.18. The molecule has 2 amide bonds. The van der Waals surface area contributed by atoms with Crippen molar-refractivity contribution in [2.24, 2.45) is 5.92 Å². The van der Waals surface area contributed by atoms with E-state index in [0.29, 0.717) is 38.4 Å². The maximum atomic E-state index is 13.9. The van der Waals surface area contributed by atoms with E-state index < -0.39 is 40.5 Å². The second kappa shape index (κ2) is 16.5. The predicted molar refractivity (Wildman–Crippen MR) is 164 cm³/mol. The lowest BCUT2D eigenvalue weighted by Gasteiger charge is -2.33. The largest absolute Gasteiger partial charge is 0.444 e. The number of sulfonamides is 1. The van der Waals surface area contributed by atoms with Crippen LogP contribution in [-0.2, 0) is 30.7 Å². The number of ether oxygens (including phenoxy) is 3. The molecule has 1 aliphatic rings. The van der Waals surface area contributed by atoms with Crippen molar-refractivity contribution < 1.29 is 32.2 Å². The highest BCUT2D eigenvalue weighted by molar-refractivity contribution is 7.89. The van der Waals surface area contributed by atoms with Crippen molar-refractivity contribution in [3.8, 4) is 0 Å². The molecule has 238 valence electrons. The van der Waals surface area contributed by atoms with Crippen molar-refractivity contribution in [2.75, 3.05) is 59.2 Å². The van der Waals surface area contributed by atoms with Gasteiger partial charge in [-0.3, -0.25) is 0 Å². The number of nitrogens with zero attached hydrogens (tertiary/aromatic N) is 2. The third-order valence-corrected chi connectivity index (χ3v) is 8.61. The van der Waals surface area contributed by atoms with Crippen LogP contribution in [0, 0.1) is 5.92 Å². The van der Waals surface area contributed by atoms with Crippen molar-refractivity contribution in [1.82, 2.24) is 19.8 Å². The van der Waals surface area contributed by atoms with E-state index in [-0.39, 0.29) is 30.3 Å². The first-order chi connectivity index (χ1) is 20.4. The molecule has 0 saturated carbocycles. The smallest absolute Gasteiger partial charge is 0.407 e. The molecule has 43 heavy (non-hydrogen) atoms. The normalized spacial score (nSPS) is 16.7. The van der Waals surface area contributed by atoms with Gasteiger partial charge in [0.25, 0.3) is 0 Å². The van der Waals surface area contributed by atoms with Crippen LogP contribution < -0.4 is 16.4 Å². The third-order valence-electron chi connectivity index (χ3n) is 6.77. The number of carbonyl (C=O) groups excluding carboxylic acids is 2. The van der Waals surface area contributed by atoms with Crippen LogP contribution in [0.15, 0.2) is 59.5 Å². The lowest BCUT2D eigenvalue weighted by Crippen LogP contribution is -2.54. The Balaban J connectivity index is 1.95. The Labute approximate surface area is 254 Å². The van der Waals surface area contributed by atoms with E-state index in [2.05, 4.69) is 10.6 Å². The highest BCUT2D eigenvalue weighted by atomic mass is 32.2. The van der Waals surface area contributed by atoms with Gasteiger partial charge in [-0.2, -0.15) is 4.31 Å². The number of nitrogen functional groups attached to an aromatic ring is 1. The first-order valence-corrected chi connectivity index (χ1v) is 15.9. The zero-order valence-electron chi connectivity index (χ0n) is 25.4. The molecule has 0 unspecified atom stereocenters. The zero-order valence-corrected chi connectivity index (χ0v) is 26.2. The SMILES string of the molecule is CC(C)CN(C[C@@H](OC(=O)NCCN(C)C)[C@H](Cc1ccccc1)NC(=O)O[C@H]1CCOC1)S(=O)(=O)c1ccc(N)cc1. The van der Waals surface area contributed by atoms with E-state index in [4.69, 9.17) is 19.9 Å². The molecule has 4 N–H and O–H groups in total. The van der Waals surface area contributed by atoms with Crippen LogP contribution in [-0.4, -0.2) is 102 Å². The number of anilines is 1. The number of nitrogens with two attached hydrogens (primary N) is 1. The molecule has 0 radical (unpaired) electrons. The van der Waals surface area contributed by atoms with Gasteiger partial charge in [-0.1, -0.05) is 44.2 Å². The minimum absolute atomic E-state index is 0.0500. The van der Waals surface area contributed by atoms with Crippen molar-refractivity contribution in [2.45, 2.75) is 49.8 Å². The Morgan fingerprint density at radius 1 is 1.05 bits per heavy atom. The molecule has 1 saturated heterocycles. The fourth-order valence-electron chi connectivity index (χ4n) is 4.56. The number of alkyl carbamates (subject to hydrolysis) is 2. The quantitative estimate of drug-likeness (QED) is 0.256. The van der Waals surface area contributed by atoms with Crippen molar-refractivity contribution >= 4 is 27.9 Å². The minimum atomic E-state index is -4.03. The molecule has 0 spiro atoms. The van der Waals surface area contributed by atoms with Crippen molar-refractivity contribution in [1.29, 1.82) is 0 Å². The fraction of sp³-hybridized carbons (Fsp3) is 0.533. The van der Waals surface area contributed by atoms with Gasteiger partial charge in [-0.15, -0.1) is 0 Å². The lowest BCUT2D eigenvalue weighted by molar-refractivity contribution is 0.0478. The van der Waals surface area contributed by atoms with Gasteiger partial charge in [0.05, 0.1) is 30.7 Å². The average molecular weight is 620 g/mol. The minimum Gasteiger partial charge on any atom is -0.444 e. The molecule has 0 bridgehead atoms. The summed E-state index contributed by atoms with van der Waals surface area (Å²) in [4.78, 5) is 28.0. The number of likely N-dealkylation sites (N-methyl/N-ethyl adjacent to an activating group) is 1. The molecule has 13 heteroatoms. The van der Waals surface area contributed by atoms with E-state index in [1.807, 2.05) is 63.2 Å². The molecule has 2 aromatic rings. The average Bonchev–Trinajstić information content (AvgIpc) is 3.45. The Morgan fingerprint density at radius 2 is 1.74 bits per heavy atom. The molecule has 12 nitrogen and oxygen atoms in total. The highest BCUT2D eigenvalue weighted by Crippen LogP contribution is 2.22. The van der Waals surface area contributed by atoms with Crippen LogP contribution in [0.25, 0.3) is 0 Å². The Kier molecular flexibility index (Phi) is 13.1. The van der Waals surface area contributed by atoms with E-state index in [1.54, 1.807) is 0 Å². The van der Waals surface area contributed by atoms with Gasteiger partial charge < -0.3 is 35.5 Å². The van der Waals surface area contributed by atoms with E-state index in [9.17, 15) is 18.0 Å². The van der Waals surface area contributed by atoms with Gasteiger partial charge in [0, 0.05) is 31.7 Å². The number of rotatable bonds is 15. The maximum absolute atomic E-state index is 13.9. The second-order valence-corrected chi connectivity index (χ2v) is 13.2. The summed E-state index contributed by atoms with van der Waals surface area (Å²) < 4.78 is 45.8. The zero-order chi connectivity index (χ0) is 31.4. The van der Waals surface area contributed by atoms with E-state index in [1.165, 1.54) is 28.6 Å². The number of nitrogens with one attached hydrogen (secondary N) is 2. The molecule has 1 fully saturated rings. The van der Waals surface area contributed by atoms with Gasteiger partial charge in [-0.05, 0) is 56.3 Å². The number of carbonyl (C=O) groups is 2. The van der Waals surface area contributed by atoms with Crippen LogP contribution in [0.3, 0.4) is 0 Å². The standard InChI is InChI=1S/C30H45N5O7S/c1-22(2)19-35(43(38,39)26-12-10-24(31)11-13-26)20-28(42-29(36)32-15-16-34(3)4)27(18-23-8-6-5-7-9-23)33-30(37)41-25-14-17-40-21-25/h5-13,22,25,27-28H,14-21,31H2,1-4H3,(H,32,36)(H,33,37)/t25-,27-,28+/m0/s1. The highest BCUT2D eigenvalue weighted by Gasteiger charge is 2.35. The Hall–Kier alpha value is -3.39. The first-order valence-electron chi connectivity index (χ1n) is 14.5. The van der Waals surface area contributed by atoms with E-state index >= 15 is 0 Å². The summed E-state index contributed by atoms with van der Waals surface area (Å²) in [6.45, 7) is 5.42. The number of benzene rings is 2. The van der Waals surface area contributed by atoms with Gasteiger partial charge in [-0.25, -0.2) is 18.0 Å². The maximum Gasteiger partial charge on any atom is 0.407 e. The molecule has 0 aliphatic carbocycles. The summed E-state index contributed by atoms with van der Waals surface area (Å²) in [6, 6.07) is 14.5. The monoisotopic (exact) mass is 619 g/mol. The predicted octanol–water partition coefficient (Wildman–Crippen LogP) is 2.70. The summed E-state index contributed by atoms with van der Waals surface area (Å²) in [7, 11) is -0.272. The molecule has 3 atom stereocenters. The third kappa shape index (κ3) is 11.3. The molecule has 2 aromatic carbocycles. The van der Waals surface area contributed by atoms with Gasteiger partial charge in [0.15, 0.2) is 0 Å². The molecule has 0 aromatic heterocycles. The van der Waals surface area contributed by atoms with Gasteiger partial charge in [0.2, 0.25) is 10.0 Å². The van der Waals surface area contributed by atoms with Crippen LogP contribution in [0.5, 0.6) is 0 Å². The summed E-state index contributed by atoms with van der Waals surface area (Å²) in [5.41, 5.74) is 7.09. The van der Waals surface area contributed by atoms with Crippen LogP contribution in [0.1, 0.15) is 25.8 Å². The summed E-state index contributed by atoms with van der Waals surface area (Å²) in [6.07, 6.45) is -2.06. The summed E-state index contributed by atoms with van der Waals surface area (Å²) >= 11 is 0. The summed E-state index contributed by atoms with van der Waals surface area (Å²) in [5.74, 6) is -0.0500. The Morgan fingerprint density at radius 3 is 2.35 bits per heavy atom.